The van der Waals surface area contributed by atoms with Crippen LogP contribution < -0.4 is 16.6 Å². The number of carbonyl (C=O) groups is 4. The van der Waals surface area contributed by atoms with Gasteiger partial charge in [-0.3, -0.25) is 24.0 Å². The van der Waals surface area contributed by atoms with Crippen LogP contribution in [0.15, 0.2) is 47.4 Å². The van der Waals surface area contributed by atoms with Crippen molar-refractivity contribution < 1.29 is 19.2 Å². The molecular formula is C25H29N5O5. The molecule has 4 rings (SSSR count). The summed E-state index contributed by atoms with van der Waals surface area (Å²) in [5, 5.41) is 2.82. The molecule has 0 spiro atoms. The van der Waals surface area contributed by atoms with E-state index in [1.807, 2.05) is 13.8 Å². The monoisotopic (exact) mass is 479 g/mol. The SMILES string of the molecule is CC(C)CC(NC(=O)c1ccc(N)cc1)C(=O)N1CCC2C1C(=O)CN2C(=O)c1cc[nH]c(=O)c1. The lowest BCUT2D eigenvalue weighted by Crippen LogP contribution is -2.53. The molecule has 3 heterocycles. The van der Waals surface area contributed by atoms with Crippen molar-refractivity contribution in [1.82, 2.24) is 20.1 Å². The zero-order valence-electron chi connectivity index (χ0n) is 19.7. The number of Topliss-reactive ketones (excluding diaryl/α,β-unsaturated/α-hetero) is 1. The van der Waals surface area contributed by atoms with Crippen molar-refractivity contribution in [3.8, 4) is 0 Å². The number of fused-ring (bicyclic) bond motifs is 1. The highest BCUT2D eigenvalue weighted by Crippen LogP contribution is 2.31. The van der Waals surface area contributed by atoms with E-state index < -0.39 is 35.5 Å². The number of nitrogens with zero attached hydrogens (tertiary/aromatic N) is 2. The molecule has 184 valence electrons. The summed E-state index contributed by atoms with van der Waals surface area (Å²) in [5.41, 5.74) is 6.39. The number of aromatic nitrogens is 1. The number of amides is 3. The first kappa shape index (κ1) is 24.2. The van der Waals surface area contributed by atoms with E-state index in [1.165, 1.54) is 28.1 Å². The van der Waals surface area contributed by atoms with Gasteiger partial charge in [0.05, 0.1) is 12.6 Å². The molecule has 3 unspecified atom stereocenters. The van der Waals surface area contributed by atoms with Crippen molar-refractivity contribution in [1.29, 1.82) is 0 Å². The number of hydrogen-bond donors (Lipinski definition) is 3. The Hall–Kier alpha value is -3.95. The fourth-order valence-corrected chi connectivity index (χ4v) is 4.85. The Bertz CT molecular complexity index is 1210. The summed E-state index contributed by atoms with van der Waals surface area (Å²) in [6.07, 6.45) is 2.23. The van der Waals surface area contributed by atoms with E-state index in [0.29, 0.717) is 30.6 Å². The fraction of sp³-hybridized carbons (Fsp3) is 0.400. The number of hydrogen-bond acceptors (Lipinski definition) is 6. The van der Waals surface area contributed by atoms with Crippen molar-refractivity contribution >= 4 is 29.2 Å². The molecule has 0 saturated carbocycles. The zero-order chi connectivity index (χ0) is 25.3. The summed E-state index contributed by atoms with van der Waals surface area (Å²) >= 11 is 0. The Balaban J connectivity index is 1.52. The largest absolute Gasteiger partial charge is 0.399 e. The Morgan fingerprint density at radius 3 is 2.46 bits per heavy atom. The summed E-state index contributed by atoms with van der Waals surface area (Å²) in [5.74, 6) is -1.27. The highest BCUT2D eigenvalue weighted by molar-refractivity contribution is 6.03. The molecule has 1 aromatic heterocycles. The van der Waals surface area contributed by atoms with Crippen LogP contribution in [0.5, 0.6) is 0 Å². The summed E-state index contributed by atoms with van der Waals surface area (Å²) < 4.78 is 0. The van der Waals surface area contributed by atoms with Crippen molar-refractivity contribution in [3.05, 3.63) is 64.1 Å². The van der Waals surface area contributed by atoms with Crippen molar-refractivity contribution in [2.45, 2.75) is 44.8 Å². The first-order valence-electron chi connectivity index (χ1n) is 11.6. The second-order valence-corrected chi connectivity index (χ2v) is 9.45. The molecule has 2 fully saturated rings. The van der Waals surface area contributed by atoms with Gasteiger partial charge >= 0.3 is 0 Å². The van der Waals surface area contributed by atoms with Crippen LogP contribution in [0.3, 0.4) is 0 Å². The lowest BCUT2D eigenvalue weighted by molar-refractivity contribution is -0.138. The van der Waals surface area contributed by atoms with Crippen LogP contribution in [0, 0.1) is 5.92 Å². The Kier molecular flexibility index (Phi) is 6.72. The van der Waals surface area contributed by atoms with Gasteiger partial charge in [0.2, 0.25) is 11.5 Å². The smallest absolute Gasteiger partial charge is 0.254 e. The second kappa shape index (κ2) is 9.73. The maximum atomic E-state index is 13.6. The van der Waals surface area contributed by atoms with Crippen LogP contribution in [-0.2, 0) is 9.59 Å². The molecule has 2 aromatic rings. The molecule has 2 aliphatic rings. The zero-order valence-corrected chi connectivity index (χ0v) is 19.7. The third-order valence-electron chi connectivity index (χ3n) is 6.47. The van der Waals surface area contributed by atoms with Gasteiger partial charge in [-0.1, -0.05) is 13.8 Å². The number of likely N-dealkylation sites (tertiary alicyclic amines) is 2. The summed E-state index contributed by atoms with van der Waals surface area (Å²) in [7, 11) is 0. The van der Waals surface area contributed by atoms with E-state index in [2.05, 4.69) is 10.3 Å². The van der Waals surface area contributed by atoms with E-state index in [-0.39, 0.29) is 29.7 Å². The lowest BCUT2D eigenvalue weighted by Gasteiger charge is -2.29. The van der Waals surface area contributed by atoms with Crippen LogP contribution in [0.1, 0.15) is 47.4 Å². The number of anilines is 1. The topological polar surface area (TPSA) is 146 Å². The van der Waals surface area contributed by atoms with Crippen molar-refractivity contribution in [2.24, 2.45) is 5.92 Å². The number of ketones is 1. The van der Waals surface area contributed by atoms with Gasteiger partial charge in [0.25, 0.3) is 11.8 Å². The molecule has 2 aliphatic heterocycles. The Morgan fingerprint density at radius 1 is 1.09 bits per heavy atom. The number of nitrogen functional groups attached to an aromatic ring is 1. The maximum absolute atomic E-state index is 13.6. The number of rotatable bonds is 6. The number of aromatic amines is 1. The van der Waals surface area contributed by atoms with Gasteiger partial charge in [0, 0.05) is 35.6 Å². The third kappa shape index (κ3) is 4.96. The number of nitrogens with two attached hydrogens (primary N) is 1. The molecule has 4 N–H and O–H groups in total. The highest BCUT2D eigenvalue weighted by Gasteiger charge is 2.52. The van der Waals surface area contributed by atoms with Crippen LogP contribution in [0.4, 0.5) is 5.69 Å². The van der Waals surface area contributed by atoms with Gasteiger partial charge in [-0.2, -0.15) is 0 Å². The van der Waals surface area contributed by atoms with Crippen LogP contribution >= 0.6 is 0 Å². The number of H-pyrrole nitrogens is 1. The van der Waals surface area contributed by atoms with Gasteiger partial charge in [-0.05, 0) is 49.1 Å². The molecule has 0 radical (unpaired) electrons. The molecule has 10 nitrogen and oxygen atoms in total. The molecule has 1 aromatic carbocycles. The van der Waals surface area contributed by atoms with E-state index in [9.17, 15) is 24.0 Å². The minimum atomic E-state index is -0.816. The number of carbonyl (C=O) groups excluding carboxylic acids is 4. The van der Waals surface area contributed by atoms with Gasteiger partial charge in [0.15, 0.2) is 5.78 Å². The van der Waals surface area contributed by atoms with Crippen LogP contribution in [-0.4, -0.2) is 69.5 Å². The molecule has 0 aliphatic carbocycles. The van der Waals surface area contributed by atoms with Gasteiger partial charge in [-0.25, -0.2) is 0 Å². The van der Waals surface area contributed by atoms with Crippen molar-refractivity contribution in [3.63, 3.8) is 0 Å². The minimum Gasteiger partial charge on any atom is -0.399 e. The van der Waals surface area contributed by atoms with Gasteiger partial charge in [-0.15, -0.1) is 0 Å². The third-order valence-corrected chi connectivity index (χ3v) is 6.47. The second-order valence-electron chi connectivity index (χ2n) is 9.45. The molecule has 3 atom stereocenters. The summed E-state index contributed by atoms with van der Waals surface area (Å²) in [4.78, 5) is 69.4. The predicted molar refractivity (Wildman–Crippen MR) is 129 cm³/mol. The summed E-state index contributed by atoms with van der Waals surface area (Å²) in [6, 6.07) is 7.05. The Morgan fingerprint density at radius 2 is 1.80 bits per heavy atom. The molecule has 3 amide bonds. The number of nitrogens with one attached hydrogen (secondary N) is 2. The Labute approximate surface area is 202 Å². The maximum Gasteiger partial charge on any atom is 0.254 e. The standard InChI is InChI=1S/C25H29N5O5/c1-14(2)11-18(28-23(33)15-3-5-17(26)6-4-15)25(35)29-10-8-19-22(29)20(31)13-30(19)24(34)16-7-9-27-21(32)12-16/h3-7,9,12,14,18-19,22H,8,10-11,13,26H2,1-2H3,(H,27,32)(H,28,33). The number of pyridine rings is 1. The first-order chi connectivity index (χ1) is 16.7. The lowest BCUT2D eigenvalue weighted by atomic mass is 10.0. The van der Waals surface area contributed by atoms with Crippen molar-refractivity contribution in [2.75, 3.05) is 18.8 Å². The first-order valence-corrected chi connectivity index (χ1v) is 11.6. The van der Waals surface area contributed by atoms with Crippen LogP contribution in [0.2, 0.25) is 0 Å². The fourth-order valence-electron chi connectivity index (χ4n) is 4.85. The average Bonchev–Trinajstić information content (AvgIpc) is 3.39. The van der Waals surface area contributed by atoms with Gasteiger partial charge in [0.1, 0.15) is 12.1 Å². The normalized spacial score (nSPS) is 20.1. The average molecular weight is 480 g/mol. The van der Waals surface area contributed by atoms with Gasteiger partial charge < -0.3 is 25.8 Å². The number of benzene rings is 1. The predicted octanol–water partition coefficient (Wildman–Crippen LogP) is 0.796. The molecular weight excluding hydrogens is 450 g/mol. The summed E-state index contributed by atoms with van der Waals surface area (Å²) in [6.45, 7) is 4.07. The molecule has 2 saturated heterocycles. The molecule has 35 heavy (non-hydrogen) atoms. The van der Waals surface area contributed by atoms with E-state index in [4.69, 9.17) is 5.73 Å². The van der Waals surface area contributed by atoms with E-state index in [0.717, 1.165) is 0 Å². The van der Waals surface area contributed by atoms with E-state index >= 15 is 0 Å². The van der Waals surface area contributed by atoms with Crippen LogP contribution in [0.25, 0.3) is 0 Å². The molecule has 0 bridgehead atoms. The quantitative estimate of drug-likeness (QED) is 0.523. The molecule has 10 heteroatoms. The van der Waals surface area contributed by atoms with E-state index in [1.54, 1.807) is 24.3 Å². The minimum absolute atomic E-state index is 0.114. The highest BCUT2D eigenvalue weighted by atomic mass is 16.2.